The molecule has 0 aliphatic heterocycles. The fourth-order valence-corrected chi connectivity index (χ4v) is 0.505. The largest absolute Gasteiger partial charge is 0.355 e. The highest BCUT2D eigenvalue weighted by atomic mass is 35.5. The van der Waals surface area contributed by atoms with Gasteiger partial charge in [0.15, 0.2) is 10.9 Å². The van der Waals surface area contributed by atoms with Crippen molar-refractivity contribution >= 4 is 17.7 Å². The summed E-state index contributed by atoms with van der Waals surface area (Å²) < 4.78 is 4.61. The average Bonchev–Trinajstić information content (AvgIpc) is 2.14. The number of rotatable bonds is 1. The minimum atomic E-state index is 0.361. The van der Waals surface area contributed by atoms with Crippen LogP contribution < -0.4 is 0 Å². The van der Waals surface area contributed by atoms with E-state index >= 15 is 0 Å². The average molecular weight is 130 g/mol. The van der Waals surface area contributed by atoms with Crippen LogP contribution in [0, 0.1) is 0 Å². The normalized spacial score (nSPS) is 9.12. The van der Waals surface area contributed by atoms with Crippen LogP contribution in [-0.2, 0) is 0 Å². The maximum atomic E-state index is 5.39. The fraction of sp³-hybridized carbons (Fsp3) is 0. The predicted octanol–water partition coefficient (Wildman–Crippen LogP) is 1.97. The van der Waals surface area contributed by atoms with Crippen LogP contribution >= 0.6 is 11.6 Å². The highest BCUT2D eigenvalue weighted by molar-refractivity contribution is 6.29. The second-order valence-corrected chi connectivity index (χ2v) is 1.64. The van der Waals surface area contributed by atoms with Crippen LogP contribution in [-0.4, -0.2) is 5.16 Å². The zero-order valence-corrected chi connectivity index (χ0v) is 4.85. The number of hydrogen-bond acceptors (Lipinski definition) is 2. The standard InChI is InChI=1S/C5H4ClNO/c1-2-4-3-5(6)7-8-4/h2-3H,1H2. The highest BCUT2D eigenvalue weighted by Gasteiger charge is 1.93. The monoisotopic (exact) mass is 129 g/mol. The Balaban J connectivity index is 3.00. The van der Waals surface area contributed by atoms with E-state index in [2.05, 4.69) is 16.3 Å². The van der Waals surface area contributed by atoms with Crippen molar-refractivity contribution in [3.8, 4) is 0 Å². The molecule has 42 valence electrons. The zero-order valence-electron chi connectivity index (χ0n) is 4.10. The fourth-order valence-electron chi connectivity index (χ4n) is 0.363. The first kappa shape index (κ1) is 5.38. The first-order valence-electron chi connectivity index (χ1n) is 2.07. The Bertz CT molecular complexity index is 194. The number of halogens is 1. The van der Waals surface area contributed by atoms with Gasteiger partial charge in [-0.3, -0.25) is 0 Å². The van der Waals surface area contributed by atoms with Gasteiger partial charge < -0.3 is 4.52 Å². The Morgan fingerprint density at radius 1 is 1.88 bits per heavy atom. The highest BCUT2D eigenvalue weighted by Crippen LogP contribution is 2.08. The summed E-state index contributed by atoms with van der Waals surface area (Å²) in [5.41, 5.74) is 0. The summed E-state index contributed by atoms with van der Waals surface area (Å²) >= 11 is 5.39. The van der Waals surface area contributed by atoms with Gasteiger partial charge in [-0.05, 0) is 6.08 Å². The van der Waals surface area contributed by atoms with E-state index < -0.39 is 0 Å². The van der Waals surface area contributed by atoms with Crippen LogP contribution in [0.3, 0.4) is 0 Å². The van der Waals surface area contributed by atoms with Gasteiger partial charge in [0.2, 0.25) is 0 Å². The lowest BCUT2D eigenvalue weighted by molar-refractivity contribution is 0.413. The molecule has 2 nitrogen and oxygen atoms in total. The quantitative estimate of drug-likeness (QED) is 0.580. The van der Waals surface area contributed by atoms with Gasteiger partial charge in [0.05, 0.1) is 0 Å². The summed E-state index contributed by atoms with van der Waals surface area (Å²) in [5.74, 6) is 0.593. The molecule has 0 fully saturated rings. The van der Waals surface area contributed by atoms with Gasteiger partial charge in [0.1, 0.15) is 0 Å². The Labute approximate surface area is 51.7 Å². The van der Waals surface area contributed by atoms with Crippen LogP contribution in [0.15, 0.2) is 17.2 Å². The smallest absolute Gasteiger partial charge is 0.172 e. The molecule has 0 spiro atoms. The van der Waals surface area contributed by atoms with Crippen molar-refractivity contribution in [2.45, 2.75) is 0 Å². The molecule has 1 heterocycles. The lowest BCUT2D eigenvalue weighted by Gasteiger charge is -1.69. The zero-order chi connectivity index (χ0) is 5.98. The lowest BCUT2D eigenvalue weighted by atomic mass is 10.5. The number of aromatic nitrogens is 1. The van der Waals surface area contributed by atoms with E-state index in [4.69, 9.17) is 11.6 Å². The minimum absolute atomic E-state index is 0.361. The molecule has 0 saturated carbocycles. The van der Waals surface area contributed by atoms with E-state index in [0.717, 1.165) is 0 Å². The maximum absolute atomic E-state index is 5.39. The summed E-state index contributed by atoms with van der Waals surface area (Å²) in [4.78, 5) is 0. The van der Waals surface area contributed by atoms with Crippen molar-refractivity contribution in [3.05, 3.63) is 23.6 Å². The van der Waals surface area contributed by atoms with E-state index in [1.165, 1.54) is 0 Å². The molecular formula is C5H4ClNO. The predicted molar refractivity (Wildman–Crippen MR) is 31.6 cm³/mol. The van der Waals surface area contributed by atoms with Crippen molar-refractivity contribution in [1.82, 2.24) is 5.16 Å². The van der Waals surface area contributed by atoms with Crippen LogP contribution in [0.5, 0.6) is 0 Å². The molecule has 0 aliphatic carbocycles. The molecule has 8 heavy (non-hydrogen) atoms. The third kappa shape index (κ3) is 0.898. The topological polar surface area (TPSA) is 26.0 Å². The molecule has 0 unspecified atom stereocenters. The van der Waals surface area contributed by atoms with Crippen LogP contribution in [0.2, 0.25) is 5.15 Å². The Morgan fingerprint density at radius 2 is 2.62 bits per heavy atom. The van der Waals surface area contributed by atoms with Gasteiger partial charge in [0, 0.05) is 6.07 Å². The van der Waals surface area contributed by atoms with E-state index in [0.29, 0.717) is 10.9 Å². The van der Waals surface area contributed by atoms with Crippen LogP contribution in [0.4, 0.5) is 0 Å². The molecule has 0 aromatic carbocycles. The summed E-state index contributed by atoms with van der Waals surface area (Å²) in [5, 5.41) is 3.77. The van der Waals surface area contributed by atoms with Crippen molar-refractivity contribution in [3.63, 3.8) is 0 Å². The van der Waals surface area contributed by atoms with E-state index in [1.807, 2.05) is 0 Å². The number of nitrogens with zero attached hydrogens (tertiary/aromatic N) is 1. The van der Waals surface area contributed by atoms with Crippen LogP contribution in [0.1, 0.15) is 5.76 Å². The molecule has 0 atom stereocenters. The number of hydrogen-bond donors (Lipinski definition) is 0. The molecule has 0 bridgehead atoms. The summed E-state index contributed by atoms with van der Waals surface area (Å²) in [6.07, 6.45) is 1.54. The SMILES string of the molecule is C=Cc1cc(Cl)no1. The molecule has 0 radical (unpaired) electrons. The van der Waals surface area contributed by atoms with Gasteiger partial charge >= 0.3 is 0 Å². The minimum Gasteiger partial charge on any atom is -0.355 e. The van der Waals surface area contributed by atoms with Gasteiger partial charge in [-0.1, -0.05) is 23.3 Å². The third-order valence-corrected chi connectivity index (χ3v) is 0.879. The molecule has 0 aliphatic rings. The Hall–Kier alpha value is -0.760. The van der Waals surface area contributed by atoms with E-state index in [1.54, 1.807) is 12.1 Å². The first-order chi connectivity index (χ1) is 3.83. The molecule has 0 saturated heterocycles. The first-order valence-corrected chi connectivity index (χ1v) is 2.45. The Kier molecular flexibility index (Phi) is 1.35. The van der Waals surface area contributed by atoms with Crippen molar-refractivity contribution in [2.75, 3.05) is 0 Å². The van der Waals surface area contributed by atoms with Gasteiger partial charge in [-0.2, -0.15) is 0 Å². The molecule has 3 heteroatoms. The molecule has 0 N–H and O–H groups in total. The van der Waals surface area contributed by atoms with Crippen molar-refractivity contribution in [2.24, 2.45) is 0 Å². The lowest BCUT2D eigenvalue weighted by Crippen LogP contribution is -1.52. The maximum Gasteiger partial charge on any atom is 0.172 e. The molecule has 1 aromatic heterocycles. The summed E-state index contributed by atoms with van der Waals surface area (Å²) in [6.45, 7) is 3.45. The van der Waals surface area contributed by atoms with Crippen molar-refractivity contribution in [1.29, 1.82) is 0 Å². The van der Waals surface area contributed by atoms with E-state index in [9.17, 15) is 0 Å². The van der Waals surface area contributed by atoms with Gasteiger partial charge in [-0.15, -0.1) is 0 Å². The van der Waals surface area contributed by atoms with Gasteiger partial charge in [-0.25, -0.2) is 0 Å². The summed E-state index contributed by atoms with van der Waals surface area (Å²) in [6, 6.07) is 1.59. The second-order valence-electron chi connectivity index (χ2n) is 1.26. The summed E-state index contributed by atoms with van der Waals surface area (Å²) in [7, 11) is 0. The van der Waals surface area contributed by atoms with Gasteiger partial charge in [0.25, 0.3) is 0 Å². The van der Waals surface area contributed by atoms with Crippen LogP contribution in [0.25, 0.3) is 6.08 Å². The molecular weight excluding hydrogens is 126 g/mol. The second kappa shape index (κ2) is 2.01. The molecule has 0 amide bonds. The molecule has 1 rings (SSSR count). The van der Waals surface area contributed by atoms with Crippen molar-refractivity contribution < 1.29 is 4.52 Å². The Morgan fingerprint density at radius 3 is 2.88 bits per heavy atom. The molecule has 1 aromatic rings. The third-order valence-electron chi connectivity index (χ3n) is 0.701. The van der Waals surface area contributed by atoms with E-state index in [-0.39, 0.29) is 0 Å².